The van der Waals surface area contributed by atoms with Gasteiger partial charge in [-0.1, -0.05) is 51.1 Å². The molecule has 4 aromatic carbocycles. The number of carbonyl (C=O) groups excluding carboxylic acids is 2. The number of amides is 2. The van der Waals surface area contributed by atoms with Crippen molar-refractivity contribution in [3.8, 4) is 0 Å². The zero-order chi connectivity index (χ0) is 34.8. The summed E-state index contributed by atoms with van der Waals surface area (Å²) in [5.74, 6) is -1.71. The lowest BCUT2D eigenvalue weighted by Gasteiger charge is -2.21. The average Bonchev–Trinajstić information content (AvgIpc) is 2.98. The summed E-state index contributed by atoms with van der Waals surface area (Å²) < 4.78 is 95.8. The average molecular weight is 689 g/mol. The van der Waals surface area contributed by atoms with Gasteiger partial charge in [0.2, 0.25) is 0 Å². The lowest BCUT2D eigenvalue weighted by atomic mass is 9.87. The number of nitrogens with one attached hydrogen (secondary N) is 4. The van der Waals surface area contributed by atoms with E-state index in [0.717, 1.165) is 35.9 Å². The molecule has 0 aliphatic heterocycles. The zero-order valence-electron chi connectivity index (χ0n) is 25.6. The van der Waals surface area contributed by atoms with Gasteiger partial charge in [-0.2, -0.15) is 13.2 Å². The first-order valence-corrected chi connectivity index (χ1v) is 16.9. The van der Waals surface area contributed by atoms with Crippen LogP contribution in [0.5, 0.6) is 0 Å². The van der Waals surface area contributed by atoms with Crippen molar-refractivity contribution in [1.29, 1.82) is 0 Å². The van der Waals surface area contributed by atoms with Crippen LogP contribution in [-0.2, 0) is 31.6 Å². The Kier molecular flexibility index (Phi) is 9.73. The number of anilines is 2. The molecule has 0 aliphatic carbocycles. The van der Waals surface area contributed by atoms with Crippen molar-refractivity contribution in [1.82, 2.24) is 10.9 Å². The van der Waals surface area contributed by atoms with Crippen LogP contribution in [0.25, 0.3) is 0 Å². The quantitative estimate of drug-likeness (QED) is 0.167. The predicted molar refractivity (Wildman–Crippen MR) is 171 cm³/mol. The first-order chi connectivity index (χ1) is 21.8. The van der Waals surface area contributed by atoms with E-state index in [2.05, 4.69) is 20.3 Å². The van der Waals surface area contributed by atoms with Crippen molar-refractivity contribution in [2.24, 2.45) is 0 Å². The molecule has 0 saturated carbocycles. The Labute approximate surface area is 270 Å². The van der Waals surface area contributed by atoms with Crippen molar-refractivity contribution in [3.63, 3.8) is 0 Å². The lowest BCUT2D eigenvalue weighted by Crippen LogP contribution is -2.41. The molecule has 0 radical (unpaired) electrons. The van der Waals surface area contributed by atoms with Crippen LogP contribution in [0.15, 0.2) is 101 Å². The molecule has 0 spiro atoms. The first kappa shape index (κ1) is 35.0. The molecule has 0 aliphatic rings. The highest BCUT2D eigenvalue weighted by atomic mass is 32.2. The summed E-state index contributed by atoms with van der Waals surface area (Å²) in [6.07, 6.45) is -4.68. The summed E-state index contributed by atoms with van der Waals surface area (Å²) in [5.41, 5.74) is 3.91. The summed E-state index contributed by atoms with van der Waals surface area (Å²) in [6, 6.07) is 19.0. The molecule has 0 saturated heterocycles. The highest BCUT2D eigenvalue weighted by Crippen LogP contribution is 2.31. The Morgan fingerprint density at radius 2 is 1.15 bits per heavy atom. The summed E-state index contributed by atoms with van der Waals surface area (Å²) in [5, 5.41) is 0. The van der Waals surface area contributed by atoms with Gasteiger partial charge in [0.1, 0.15) is 0 Å². The highest BCUT2D eigenvalue weighted by Gasteiger charge is 2.31. The van der Waals surface area contributed by atoms with Crippen molar-refractivity contribution in [2.45, 2.75) is 49.1 Å². The second-order valence-corrected chi connectivity index (χ2v) is 14.9. The van der Waals surface area contributed by atoms with Gasteiger partial charge in [-0.25, -0.2) is 16.8 Å². The number of benzene rings is 4. The van der Waals surface area contributed by atoms with Gasteiger partial charge in [0.15, 0.2) is 0 Å². The fourth-order valence-corrected chi connectivity index (χ4v) is 6.74. The van der Waals surface area contributed by atoms with Crippen LogP contribution in [0.3, 0.4) is 0 Å². The molecule has 4 N–H and O–H groups in total. The van der Waals surface area contributed by atoms with Gasteiger partial charge < -0.3 is 0 Å². The second-order valence-electron chi connectivity index (χ2n) is 11.5. The van der Waals surface area contributed by atoms with Crippen LogP contribution >= 0.6 is 0 Å². The van der Waals surface area contributed by atoms with Crippen LogP contribution in [0.2, 0.25) is 0 Å². The van der Waals surface area contributed by atoms with Gasteiger partial charge in [0.25, 0.3) is 31.9 Å². The number of halogens is 3. The zero-order valence-corrected chi connectivity index (χ0v) is 27.2. The smallest absolute Gasteiger partial charge is 0.280 e. The van der Waals surface area contributed by atoms with Crippen molar-refractivity contribution >= 4 is 43.2 Å². The third kappa shape index (κ3) is 8.68. The van der Waals surface area contributed by atoms with Gasteiger partial charge in [-0.3, -0.25) is 29.9 Å². The van der Waals surface area contributed by atoms with Gasteiger partial charge >= 0.3 is 6.18 Å². The SMILES string of the molecule is Cc1ccc(C(C)(C)C)cc1S(=O)(=O)Nc1cccc(C(=O)NNC(=O)c2cccc(S(=O)(=O)Nc3cccc(C(F)(F)F)c3)c2)c1. The number of sulfonamides is 2. The minimum absolute atomic E-state index is 0.00715. The van der Waals surface area contributed by atoms with E-state index in [9.17, 15) is 39.6 Å². The van der Waals surface area contributed by atoms with Crippen molar-refractivity contribution in [3.05, 3.63) is 119 Å². The molecule has 10 nitrogen and oxygen atoms in total. The second kappa shape index (κ2) is 13.1. The van der Waals surface area contributed by atoms with Crippen molar-refractivity contribution in [2.75, 3.05) is 9.44 Å². The molecular formula is C32H31F3N4O6S2. The fourth-order valence-electron chi connectivity index (χ4n) is 4.33. The van der Waals surface area contributed by atoms with Crippen LogP contribution in [0.4, 0.5) is 24.5 Å². The number of alkyl halides is 3. The Morgan fingerprint density at radius 3 is 1.74 bits per heavy atom. The van der Waals surface area contributed by atoms with E-state index in [0.29, 0.717) is 11.6 Å². The number of hydrogen-bond donors (Lipinski definition) is 4. The van der Waals surface area contributed by atoms with E-state index in [1.54, 1.807) is 19.1 Å². The molecule has 0 atom stereocenters. The Balaban J connectivity index is 1.44. The maximum Gasteiger partial charge on any atom is 0.416 e. The number of aryl methyl sites for hydroxylation is 1. The Hall–Kier alpha value is -4.89. The number of carbonyl (C=O) groups is 2. The third-order valence-corrected chi connectivity index (χ3v) is 9.76. The van der Waals surface area contributed by atoms with E-state index >= 15 is 0 Å². The minimum atomic E-state index is -4.68. The predicted octanol–water partition coefficient (Wildman–Crippen LogP) is 5.99. The maximum absolute atomic E-state index is 13.2. The van der Waals surface area contributed by atoms with E-state index in [1.807, 2.05) is 26.8 Å². The molecule has 248 valence electrons. The summed E-state index contributed by atoms with van der Waals surface area (Å²) in [7, 11) is -8.43. The monoisotopic (exact) mass is 688 g/mol. The molecule has 0 heterocycles. The molecule has 0 unspecified atom stereocenters. The fraction of sp³-hybridized carbons (Fsp3) is 0.188. The van der Waals surface area contributed by atoms with Gasteiger partial charge in [-0.15, -0.1) is 0 Å². The van der Waals surface area contributed by atoms with E-state index in [4.69, 9.17) is 0 Å². The Morgan fingerprint density at radius 1 is 0.617 bits per heavy atom. The number of hydrogen-bond acceptors (Lipinski definition) is 6. The van der Waals surface area contributed by atoms with E-state index in [1.165, 1.54) is 36.4 Å². The number of hydrazine groups is 1. The van der Waals surface area contributed by atoms with E-state index < -0.39 is 48.5 Å². The topological polar surface area (TPSA) is 151 Å². The standard InChI is InChI=1S/C32H31F3N4O6S2/c1-20-14-15-23(31(2,3)4)19-28(20)47(44,45)39-25-11-5-8-21(16-25)29(40)36-37-30(41)22-9-6-13-27(17-22)46(42,43)38-26-12-7-10-24(18-26)32(33,34)35/h5-19,38-39H,1-4H3,(H,36,40)(H,37,41). The van der Waals surface area contributed by atoms with Crippen LogP contribution < -0.4 is 20.3 Å². The minimum Gasteiger partial charge on any atom is -0.280 e. The van der Waals surface area contributed by atoms with Crippen LogP contribution in [-0.4, -0.2) is 28.6 Å². The van der Waals surface area contributed by atoms with Crippen molar-refractivity contribution < 1.29 is 39.6 Å². The lowest BCUT2D eigenvalue weighted by molar-refractivity contribution is -0.137. The van der Waals surface area contributed by atoms with Gasteiger partial charge in [0.05, 0.1) is 15.4 Å². The molecule has 0 aromatic heterocycles. The van der Waals surface area contributed by atoms with Crippen LogP contribution in [0.1, 0.15) is 58.2 Å². The molecule has 2 amide bonds. The number of rotatable bonds is 8. The summed E-state index contributed by atoms with van der Waals surface area (Å²) >= 11 is 0. The summed E-state index contributed by atoms with van der Waals surface area (Å²) in [4.78, 5) is 25.2. The molecule has 0 bridgehead atoms. The molecule has 4 rings (SSSR count). The molecule has 4 aromatic rings. The molecular weight excluding hydrogens is 658 g/mol. The summed E-state index contributed by atoms with van der Waals surface area (Å²) in [6.45, 7) is 7.56. The molecule has 15 heteroatoms. The van der Waals surface area contributed by atoms with Crippen LogP contribution in [0, 0.1) is 6.92 Å². The maximum atomic E-state index is 13.2. The normalized spacial score (nSPS) is 12.2. The highest BCUT2D eigenvalue weighted by molar-refractivity contribution is 7.93. The third-order valence-electron chi connectivity index (χ3n) is 6.86. The van der Waals surface area contributed by atoms with Gasteiger partial charge in [-0.05, 0) is 84.1 Å². The largest absolute Gasteiger partial charge is 0.416 e. The molecule has 0 fully saturated rings. The molecule has 47 heavy (non-hydrogen) atoms. The van der Waals surface area contributed by atoms with Gasteiger partial charge in [0, 0.05) is 22.5 Å². The first-order valence-electron chi connectivity index (χ1n) is 13.9. The van der Waals surface area contributed by atoms with E-state index in [-0.39, 0.29) is 32.8 Å². The Bertz CT molecular complexity index is 2060.